The van der Waals surface area contributed by atoms with Gasteiger partial charge in [0.15, 0.2) is 0 Å². The fourth-order valence-electron chi connectivity index (χ4n) is 4.56. The SMILES string of the molecule is Cn1cc2cc(NC(=O)N3CCc4c(N5CCNC(C)(C)C5)ccnc43)c(F)cc2n1.O=CO. The van der Waals surface area contributed by atoms with Crippen LogP contribution in [-0.2, 0) is 18.3 Å². The average molecular weight is 470 g/mol. The molecule has 2 aliphatic rings. The Bertz CT molecular complexity index is 1230. The fraction of sp³-hybridized carbons (Fsp3) is 0.391. The van der Waals surface area contributed by atoms with Crippen molar-refractivity contribution >= 4 is 40.6 Å². The number of nitrogens with one attached hydrogen (secondary N) is 2. The van der Waals surface area contributed by atoms with Gasteiger partial charge in [0.05, 0.1) is 11.2 Å². The number of hydrogen-bond acceptors (Lipinski definition) is 6. The lowest BCUT2D eigenvalue weighted by atomic mass is 10.0. The summed E-state index contributed by atoms with van der Waals surface area (Å²) in [6.45, 7) is 7.33. The van der Waals surface area contributed by atoms with E-state index in [1.807, 2.05) is 6.07 Å². The van der Waals surface area contributed by atoms with Crippen molar-refractivity contribution in [3.05, 3.63) is 42.0 Å². The van der Waals surface area contributed by atoms with Crippen molar-refractivity contribution in [1.29, 1.82) is 0 Å². The van der Waals surface area contributed by atoms with Gasteiger partial charge in [0, 0.05) is 73.9 Å². The van der Waals surface area contributed by atoms with E-state index in [0.717, 1.165) is 42.7 Å². The summed E-state index contributed by atoms with van der Waals surface area (Å²) in [5.41, 5.74) is 2.90. The maximum absolute atomic E-state index is 14.5. The molecule has 3 aromatic rings. The zero-order valence-corrected chi connectivity index (χ0v) is 19.4. The smallest absolute Gasteiger partial charge is 0.327 e. The lowest BCUT2D eigenvalue weighted by Crippen LogP contribution is -2.57. The van der Waals surface area contributed by atoms with E-state index in [0.29, 0.717) is 17.9 Å². The number of carbonyl (C=O) groups excluding carboxylic acids is 1. The highest BCUT2D eigenvalue weighted by Crippen LogP contribution is 2.35. The lowest BCUT2D eigenvalue weighted by Gasteiger charge is -2.41. The zero-order chi connectivity index (χ0) is 24.5. The van der Waals surface area contributed by atoms with Crippen molar-refractivity contribution in [1.82, 2.24) is 20.1 Å². The molecular formula is C23H28FN7O3. The zero-order valence-electron chi connectivity index (χ0n) is 19.4. The number of amides is 2. The number of piperazine rings is 1. The molecule has 1 aromatic carbocycles. The lowest BCUT2D eigenvalue weighted by molar-refractivity contribution is -0.122. The number of aryl methyl sites for hydroxylation is 1. The Balaban J connectivity index is 0.000000868. The van der Waals surface area contributed by atoms with Crippen molar-refractivity contribution in [3.8, 4) is 0 Å². The molecule has 11 heteroatoms. The number of aromatic nitrogens is 3. The number of hydrogen-bond donors (Lipinski definition) is 3. The molecular weight excluding hydrogens is 441 g/mol. The molecule has 1 fully saturated rings. The van der Waals surface area contributed by atoms with Gasteiger partial charge in [-0.2, -0.15) is 5.10 Å². The van der Waals surface area contributed by atoms with E-state index in [1.165, 1.54) is 6.07 Å². The van der Waals surface area contributed by atoms with Crippen molar-refractivity contribution in [2.45, 2.75) is 25.8 Å². The summed E-state index contributed by atoms with van der Waals surface area (Å²) in [6.07, 6.45) is 4.26. The molecule has 0 unspecified atom stereocenters. The molecule has 0 radical (unpaired) electrons. The molecule has 3 N–H and O–H groups in total. The predicted molar refractivity (Wildman–Crippen MR) is 128 cm³/mol. The highest BCUT2D eigenvalue weighted by atomic mass is 19.1. The Morgan fingerprint density at radius 2 is 2.09 bits per heavy atom. The van der Waals surface area contributed by atoms with Crippen LogP contribution in [0.5, 0.6) is 0 Å². The molecule has 2 amide bonds. The molecule has 180 valence electrons. The minimum Gasteiger partial charge on any atom is -0.483 e. The first-order valence-electron chi connectivity index (χ1n) is 11.0. The number of halogens is 1. The molecule has 0 bridgehead atoms. The van der Waals surface area contributed by atoms with Gasteiger partial charge in [0.25, 0.3) is 6.47 Å². The number of benzene rings is 1. The standard InChI is InChI=1S/C22H26FN7O.CH2O2/c1-22(2)13-29(9-7-25-22)19-4-6-24-20-15(19)5-8-30(20)21(31)26-18-10-14-12-28(3)27-17(14)11-16(18)23;2-1-3/h4,6,10-12,25H,5,7-9,13H2,1-3H3,(H,26,31);1H,(H,2,3). The number of urea groups is 1. The molecule has 0 saturated carbocycles. The number of carboxylic acid groups (broad SMARTS) is 1. The second-order valence-corrected chi connectivity index (χ2v) is 9.00. The molecule has 0 spiro atoms. The largest absolute Gasteiger partial charge is 0.483 e. The second-order valence-electron chi connectivity index (χ2n) is 9.00. The Labute approximate surface area is 196 Å². The minimum atomic E-state index is -0.510. The normalized spacial score (nSPS) is 16.6. The molecule has 10 nitrogen and oxygen atoms in total. The fourth-order valence-corrected chi connectivity index (χ4v) is 4.56. The first kappa shape index (κ1) is 23.4. The van der Waals surface area contributed by atoms with Crippen LogP contribution in [0.4, 0.5) is 26.4 Å². The molecule has 0 aliphatic carbocycles. The van der Waals surface area contributed by atoms with Gasteiger partial charge >= 0.3 is 6.03 Å². The van der Waals surface area contributed by atoms with Crippen LogP contribution in [0, 0.1) is 5.82 Å². The van der Waals surface area contributed by atoms with Crippen molar-refractivity contribution < 1.29 is 19.1 Å². The third-order valence-electron chi connectivity index (χ3n) is 5.96. The van der Waals surface area contributed by atoms with Crippen molar-refractivity contribution in [2.75, 3.05) is 41.3 Å². The predicted octanol–water partition coefficient (Wildman–Crippen LogP) is 2.59. The van der Waals surface area contributed by atoms with Crippen molar-refractivity contribution in [2.24, 2.45) is 7.05 Å². The highest BCUT2D eigenvalue weighted by Gasteiger charge is 2.32. The van der Waals surface area contributed by atoms with Crippen LogP contribution in [0.25, 0.3) is 10.9 Å². The van der Waals surface area contributed by atoms with Gasteiger partial charge in [-0.1, -0.05) is 0 Å². The number of pyridine rings is 1. The van der Waals surface area contributed by atoms with Gasteiger partial charge in [-0.05, 0) is 32.4 Å². The van der Waals surface area contributed by atoms with Crippen LogP contribution in [0.15, 0.2) is 30.6 Å². The molecule has 2 aliphatic heterocycles. The van der Waals surface area contributed by atoms with E-state index in [-0.39, 0.29) is 23.7 Å². The molecule has 0 atom stereocenters. The molecule has 5 rings (SSSR count). The number of carbonyl (C=O) groups is 2. The summed E-state index contributed by atoms with van der Waals surface area (Å²) in [4.78, 5) is 29.8. The molecule has 1 saturated heterocycles. The molecule has 34 heavy (non-hydrogen) atoms. The quantitative estimate of drug-likeness (QED) is 0.494. The summed E-state index contributed by atoms with van der Waals surface area (Å²) >= 11 is 0. The van der Waals surface area contributed by atoms with Gasteiger partial charge in [0.2, 0.25) is 0 Å². The Morgan fingerprint density at radius 3 is 2.82 bits per heavy atom. The summed E-state index contributed by atoms with van der Waals surface area (Å²) in [7, 11) is 1.78. The average Bonchev–Trinajstić information content (AvgIpc) is 3.36. The number of fused-ring (bicyclic) bond motifs is 2. The summed E-state index contributed by atoms with van der Waals surface area (Å²) in [6, 6.07) is 4.59. The third-order valence-corrected chi connectivity index (χ3v) is 5.96. The highest BCUT2D eigenvalue weighted by molar-refractivity contribution is 6.04. The maximum Gasteiger partial charge on any atom is 0.327 e. The van der Waals surface area contributed by atoms with Gasteiger partial charge in [-0.3, -0.25) is 14.4 Å². The number of nitrogens with zero attached hydrogens (tertiary/aromatic N) is 5. The van der Waals surface area contributed by atoms with E-state index in [4.69, 9.17) is 9.90 Å². The van der Waals surface area contributed by atoms with Crippen LogP contribution < -0.4 is 20.4 Å². The topological polar surface area (TPSA) is 116 Å². The first-order chi connectivity index (χ1) is 16.2. The maximum atomic E-state index is 14.5. The summed E-state index contributed by atoms with van der Waals surface area (Å²) in [5.74, 6) is 0.137. The van der Waals surface area contributed by atoms with E-state index >= 15 is 0 Å². The second kappa shape index (κ2) is 9.26. The first-order valence-corrected chi connectivity index (χ1v) is 11.0. The van der Waals surface area contributed by atoms with Gasteiger partial charge in [-0.25, -0.2) is 14.2 Å². The van der Waals surface area contributed by atoms with Crippen LogP contribution >= 0.6 is 0 Å². The van der Waals surface area contributed by atoms with Crippen molar-refractivity contribution in [3.63, 3.8) is 0 Å². The summed E-state index contributed by atoms with van der Waals surface area (Å²) < 4.78 is 16.2. The Kier molecular flexibility index (Phi) is 6.38. The van der Waals surface area contributed by atoms with Gasteiger partial charge in [-0.15, -0.1) is 0 Å². The van der Waals surface area contributed by atoms with Crippen LogP contribution in [0.2, 0.25) is 0 Å². The van der Waals surface area contributed by atoms with E-state index in [2.05, 4.69) is 39.5 Å². The molecule has 2 aromatic heterocycles. The Hall–Kier alpha value is -3.73. The monoisotopic (exact) mass is 469 g/mol. The third kappa shape index (κ3) is 4.65. The van der Waals surface area contributed by atoms with Crippen LogP contribution in [-0.4, -0.2) is 64.1 Å². The van der Waals surface area contributed by atoms with E-state index in [1.54, 1.807) is 35.1 Å². The van der Waals surface area contributed by atoms with Gasteiger partial charge < -0.3 is 20.6 Å². The van der Waals surface area contributed by atoms with E-state index in [9.17, 15) is 9.18 Å². The van der Waals surface area contributed by atoms with Crippen LogP contribution in [0.1, 0.15) is 19.4 Å². The molecule has 4 heterocycles. The number of anilines is 3. The summed E-state index contributed by atoms with van der Waals surface area (Å²) in [5, 5.41) is 18.1. The minimum absolute atomic E-state index is 0.0204. The Morgan fingerprint density at radius 1 is 1.32 bits per heavy atom. The van der Waals surface area contributed by atoms with E-state index < -0.39 is 5.82 Å². The van der Waals surface area contributed by atoms with Crippen LogP contribution in [0.3, 0.4) is 0 Å². The van der Waals surface area contributed by atoms with Gasteiger partial charge in [0.1, 0.15) is 11.6 Å². The number of rotatable bonds is 2.